The number of aryl methyl sites for hydroxylation is 1. The largest absolute Gasteiger partial charge is 0.206 e. The summed E-state index contributed by atoms with van der Waals surface area (Å²) >= 11 is 5.77. The van der Waals surface area contributed by atoms with E-state index in [0.717, 1.165) is 11.1 Å². The van der Waals surface area contributed by atoms with Crippen LogP contribution in [-0.4, -0.2) is 12.4 Å². The van der Waals surface area contributed by atoms with Gasteiger partial charge in [-0.25, -0.2) is 4.39 Å². The van der Waals surface area contributed by atoms with Crippen LogP contribution in [-0.2, 0) is 0 Å². The molecule has 2 nitrogen and oxygen atoms in total. The van der Waals surface area contributed by atoms with Gasteiger partial charge in [0.2, 0.25) is 0 Å². The molecule has 0 fully saturated rings. The Hall–Kier alpha value is -2.00. The van der Waals surface area contributed by atoms with Crippen LogP contribution in [0.4, 0.5) is 4.39 Å². The Kier molecular flexibility index (Phi) is 4.42. The maximum absolute atomic E-state index is 13.5. The van der Waals surface area contributed by atoms with Gasteiger partial charge in [-0.15, -0.1) is 0 Å². The molecular weight excluding hydrogens is 263 g/mol. The van der Waals surface area contributed by atoms with Crippen LogP contribution >= 0.6 is 11.6 Å². The quantitative estimate of drug-likeness (QED) is 0.591. The molecule has 0 atom stereocenters. The summed E-state index contributed by atoms with van der Waals surface area (Å²) in [6, 6.07) is 12.2. The highest BCUT2D eigenvalue weighted by Gasteiger charge is 1.97. The third-order valence-electron chi connectivity index (χ3n) is 2.50. The van der Waals surface area contributed by atoms with Gasteiger partial charge in [0.25, 0.3) is 0 Å². The van der Waals surface area contributed by atoms with Crippen molar-refractivity contribution in [2.45, 2.75) is 6.92 Å². The van der Waals surface area contributed by atoms with Gasteiger partial charge in [-0.3, -0.25) is 0 Å². The lowest BCUT2D eigenvalue weighted by molar-refractivity contribution is 0.624. The molecule has 0 aliphatic carbocycles. The lowest BCUT2D eigenvalue weighted by Gasteiger charge is -1.96. The Balaban J connectivity index is 2.05. The number of hydrogen-bond donors (Lipinski definition) is 0. The van der Waals surface area contributed by atoms with Gasteiger partial charge < -0.3 is 0 Å². The van der Waals surface area contributed by atoms with Crippen molar-refractivity contribution in [3.8, 4) is 0 Å². The molecule has 0 heterocycles. The molecule has 19 heavy (non-hydrogen) atoms. The lowest BCUT2D eigenvalue weighted by atomic mass is 10.1. The second-order valence-electron chi connectivity index (χ2n) is 4.07. The van der Waals surface area contributed by atoms with Gasteiger partial charge in [0.05, 0.1) is 12.4 Å². The highest BCUT2D eigenvalue weighted by Crippen LogP contribution is 2.09. The molecule has 2 aromatic carbocycles. The normalized spacial score (nSPS) is 11.5. The van der Waals surface area contributed by atoms with Gasteiger partial charge >= 0.3 is 0 Å². The maximum atomic E-state index is 13.5. The molecule has 96 valence electrons. The average molecular weight is 275 g/mol. The molecule has 0 bridgehead atoms. The van der Waals surface area contributed by atoms with Crippen LogP contribution in [0.5, 0.6) is 0 Å². The first-order chi connectivity index (χ1) is 9.15. The van der Waals surface area contributed by atoms with Crippen molar-refractivity contribution < 1.29 is 4.39 Å². The Labute approximate surface area is 116 Å². The van der Waals surface area contributed by atoms with E-state index in [1.54, 1.807) is 24.4 Å². The van der Waals surface area contributed by atoms with Crippen LogP contribution in [0.1, 0.15) is 16.7 Å². The number of nitrogens with zero attached hydrogens (tertiary/aromatic N) is 2. The molecule has 0 aromatic heterocycles. The SMILES string of the molecule is Cc1ccc(C=NN=Cc2ccc(Cl)cc2)c(F)c1. The van der Waals surface area contributed by atoms with Crippen LogP contribution in [0.3, 0.4) is 0 Å². The molecular formula is C15H12ClFN2. The van der Waals surface area contributed by atoms with E-state index in [9.17, 15) is 4.39 Å². The van der Waals surface area contributed by atoms with Crippen molar-refractivity contribution in [1.82, 2.24) is 0 Å². The molecule has 0 unspecified atom stereocenters. The zero-order chi connectivity index (χ0) is 13.7. The van der Waals surface area contributed by atoms with Gasteiger partial charge in [0.15, 0.2) is 0 Å². The van der Waals surface area contributed by atoms with E-state index in [4.69, 9.17) is 11.6 Å². The summed E-state index contributed by atoms with van der Waals surface area (Å²) in [4.78, 5) is 0. The highest BCUT2D eigenvalue weighted by molar-refractivity contribution is 6.30. The number of hydrogen-bond acceptors (Lipinski definition) is 2. The first-order valence-corrected chi connectivity index (χ1v) is 6.11. The molecule has 0 N–H and O–H groups in total. The Morgan fingerprint density at radius 2 is 1.68 bits per heavy atom. The molecule has 0 aliphatic heterocycles. The summed E-state index contributed by atoms with van der Waals surface area (Å²) in [6.45, 7) is 1.84. The molecule has 2 rings (SSSR count). The van der Waals surface area contributed by atoms with Crippen molar-refractivity contribution in [3.63, 3.8) is 0 Å². The van der Waals surface area contributed by atoms with Crippen molar-refractivity contribution in [2.24, 2.45) is 10.2 Å². The Bertz CT molecular complexity index is 619. The first kappa shape index (κ1) is 13.4. The van der Waals surface area contributed by atoms with Crippen molar-refractivity contribution in [2.75, 3.05) is 0 Å². The fourth-order valence-corrected chi connectivity index (χ4v) is 1.61. The first-order valence-electron chi connectivity index (χ1n) is 5.73. The molecule has 0 saturated carbocycles. The average Bonchev–Trinajstić information content (AvgIpc) is 2.39. The van der Waals surface area contributed by atoms with E-state index in [-0.39, 0.29) is 5.82 Å². The smallest absolute Gasteiger partial charge is 0.132 e. The number of benzene rings is 2. The molecule has 0 aliphatic rings. The number of rotatable bonds is 3. The van der Waals surface area contributed by atoms with Crippen LogP contribution in [0.2, 0.25) is 5.02 Å². The molecule has 2 aromatic rings. The molecule has 0 spiro atoms. The summed E-state index contributed by atoms with van der Waals surface area (Å²) in [7, 11) is 0. The maximum Gasteiger partial charge on any atom is 0.132 e. The third kappa shape index (κ3) is 4.00. The fourth-order valence-electron chi connectivity index (χ4n) is 1.48. The van der Waals surface area contributed by atoms with Gasteiger partial charge in [-0.05, 0) is 36.2 Å². The van der Waals surface area contributed by atoms with Crippen LogP contribution in [0, 0.1) is 12.7 Å². The van der Waals surface area contributed by atoms with Crippen molar-refractivity contribution in [3.05, 3.63) is 70.0 Å². The van der Waals surface area contributed by atoms with E-state index in [2.05, 4.69) is 10.2 Å². The monoisotopic (exact) mass is 274 g/mol. The van der Waals surface area contributed by atoms with E-state index in [1.165, 1.54) is 12.3 Å². The van der Waals surface area contributed by atoms with E-state index in [0.29, 0.717) is 10.6 Å². The van der Waals surface area contributed by atoms with E-state index in [1.807, 2.05) is 25.1 Å². The minimum atomic E-state index is -0.301. The molecule has 0 radical (unpaired) electrons. The predicted octanol–water partition coefficient (Wildman–Crippen LogP) is 4.24. The summed E-state index contributed by atoms with van der Waals surface area (Å²) in [6.07, 6.45) is 2.97. The zero-order valence-electron chi connectivity index (χ0n) is 10.3. The summed E-state index contributed by atoms with van der Waals surface area (Å²) in [5, 5.41) is 8.35. The van der Waals surface area contributed by atoms with Crippen LogP contribution in [0.15, 0.2) is 52.7 Å². The van der Waals surface area contributed by atoms with Gasteiger partial charge in [0, 0.05) is 10.6 Å². The zero-order valence-corrected chi connectivity index (χ0v) is 11.1. The predicted molar refractivity (Wildman–Crippen MR) is 77.8 cm³/mol. The molecule has 0 saturated heterocycles. The van der Waals surface area contributed by atoms with Crippen LogP contribution < -0.4 is 0 Å². The topological polar surface area (TPSA) is 24.7 Å². The summed E-state index contributed by atoms with van der Waals surface area (Å²) in [5.41, 5.74) is 2.17. The van der Waals surface area contributed by atoms with E-state index < -0.39 is 0 Å². The number of halogens is 2. The standard InChI is InChI=1S/C15H12ClFN2/c1-11-2-5-13(15(17)8-11)10-19-18-9-12-3-6-14(16)7-4-12/h2-10H,1H3. The summed E-state index contributed by atoms with van der Waals surface area (Å²) in [5.74, 6) is -0.301. The molecule has 0 amide bonds. The summed E-state index contributed by atoms with van der Waals surface area (Å²) < 4.78 is 13.5. The van der Waals surface area contributed by atoms with Gasteiger partial charge in [-0.2, -0.15) is 10.2 Å². The highest BCUT2D eigenvalue weighted by atomic mass is 35.5. The van der Waals surface area contributed by atoms with Gasteiger partial charge in [-0.1, -0.05) is 35.9 Å². The lowest BCUT2D eigenvalue weighted by Crippen LogP contribution is -1.88. The fraction of sp³-hybridized carbons (Fsp3) is 0.0667. The second-order valence-corrected chi connectivity index (χ2v) is 4.50. The Morgan fingerprint density at radius 1 is 1.00 bits per heavy atom. The van der Waals surface area contributed by atoms with Gasteiger partial charge in [0.1, 0.15) is 5.82 Å². The van der Waals surface area contributed by atoms with E-state index >= 15 is 0 Å². The van der Waals surface area contributed by atoms with Crippen molar-refractivity contribution >= 4 is 24.0 Å². The third-order valence-corrected chi connectivity index (χ3v) is 2.75. The minimum absolute atomic E-state index is 0.301. The molecule has 4 heteroatoms. The second kappa shape index (κ2) is 6.25. The van der Waals surface area contributed by atoms with Crippen molar-refractivity contribution in [1.29, 1.82) is 0 Å². The minimum Gasteiger partial charge on any atom is -0.206 e. The Morgan fingerprint density at radius 3 is 2.37 bits per heavy atom. The van der Waals surface area contributed by atoms with Crippen LogP contribution in [0.25, 0.3) is 0 Å².